The second-order valence-corrected chi connectivity index (χ2v) is 11.3. The monoisotopic (exact) mass is 509 g/mol. The standard InChI is InChI=1S/C32H63NO3/c1-5-7-16-22-30(23-17-8-6-2)27-29-36-32(35)26-20-14-11-13-19-25-31(33(3)4)24-18-12-9-10-15-21-28-34/h28,30-31H,5-27,29H2,1-4H3. The first-order valence-corrected chi connectivity index (χ1v) is 15.8. The number of rotatable bonds is 28. The minimum Gasteiger partial charge on any atom is -0.466 e. The molecule has 0 aromatic carbocycles. The molecular weight excluding hydrogens is 446 g/mol. The fraction of sp³-hybridized carbons (Fsp3) is 0.938. The lowest BCUT2D eigenvalue weighted by atomic mass is 9.92. The van der Waals surface area contributed by atoms with Crippen LogP contribution in [0.4, 0.5) is 0 Å². The fourth-order valence-corrected chi connectivity index (χ4v) is 5.19. The molecule has 0 N–H and O–H groups in total. The zero-order valence-corrected chi connectivity index (χ0v) is 24.9. The zero-order valence-electron chi connectivity index (χ0n) is 24.9. The lowest BCUT2D eigenvalue weighted by molar-refractivity contribution is -0.144. The highest BCUT2D eigenvalue weighted by atomic mass is 16.5. The van der Waals surface area contributed by atoms with Crippen LogP contribution in [0.5, 0.6) is 0 Å². The topological polar surface area (TPSA) is 46.6 Å². The summed E-state index contributed by atoms with van der Waals surface area (Å²) < 4.78 is 5.58. The molecule has 0 saturated carbocycles. The summed E-state index contributed by atoms with van der Waals surface area (Å²) in [6.45, 7) is 5.14. The number of ether oxygens (including phenoxy) is 1. The van der Waals surface area contributed by atoms with E-state index in [2.05, 4.69) is 32.8 Å². The Bertz CT molecular complexity index is 470. The van der Waals surface area contributed by atoms with Gasteiger partial charge in [0.05, 0.1) is 6.61 Å². The third-order valence-electron chi connectivity index (χ3n) is 7.73. The Morgan fingerprint density at radius 2 is 1.17 bits per heavy atom. The van der Waals surface area contributed by atoms with Gasteiger partial charge in [-0.25, -0.2) is 0 Å². The summed E-state index contributed by atoms with van der Waals surface area (Å²) in [6, 6.07) is 0.683. The average Bonchev–Trinajstić information content (AvgIpc) is 2.86. The molecule has 0 aromatic heterocycles. The first kappa shape index (κ1) is 35.1. The van der Waals surface area contributed by atoms with Gasteiger partial charge in [-0.05, 0) is 52.1 Å². The van der Waals surface area contributed by atoms with E-state index in [0.29, 0.717) is 19.1 Å². The van der Waals surface area contributed by atoms with Crippen molar-refractivity contribution in [1.29, 1.82) is 0 Å². The molecule has 0 rings (SSSR count). The molecule has 0 fully saturated rings. The van der Waals surface area contributed by atoms with Gasteiger partial charge in [-0.2, -0.15) is 0 Å². The van der Waals surface area contributed by atoms with Crippen LogP contribution >= 0.6 is 0 Å². The van der Waals surface area contributed by atoms with Gasteiger partial charge < -0.3 is 14.4 Å². The summed E-state index contributed by atoms with van der Waals surface area (Å²) in [6.07, 6.45) is 28.4. The molecule has 0 aliphatic carbocycles. The van der Waals surface area contributed by atoms with Crippen molar-refractivity contribution in [2.24, 2.45) is 5.92 Å². The largest absolute Gasteiger partial charge is 0.466 e. The van der Waals surface area contributed by atoms with E-state index in [1.165, 1.54) is 109 Å². The summed E-state index contributed by atoms with van der Waals surface area (Å²) in [5.74, 6) is 0.741. The van der Waals surface area contributed by atoms with Crippen LogP contribution in [-0.2, 0) is 14.3 Å². The van der Waals surface area contributed by atoms with Crippen LogP contribution in [0.25, 0.3) is 0 Å². The van der Waals surface area contributed by atoms with Gasteiger partial charge in [-0.1, -0.05) is 117 Å². The highest BCUT2D eigenvalue weighted by Gasteiger charge is 2.12. The Morgan fingerprint density at radius 1 is 0.667 bits per heavy atom. The average molecular weight is 510 g/mol. The van der Waals surface area contributed by atoms with Gasteiger partial charge in [-0.15, -0.1) is 0 Å². The fourth-order valence-electron chi connectivity index (χ4n) is 5.19. The van der Waals surface area contributed by atoms with Crippen LogP contribution < -0.4 is 0 Å². The molecule has 0 amide bonds. The number of unbranched alkanes of at least 4 members (excludes halogenated alkanes) is 13. The van der Waals surface area contributed by atoms with Crippen molar-refractivity contribution in [2.45, 2.75) is 168 Å². The van der Waals surface area contributed by atoms with Crippen LogP contribution in [0.1, 0.15) is 162 Å². The number of carbonyl (C=O) groups excluding carboxylic acids is 2. The van der Waals surface area contributed by atoms with Crippen LogP contribution in [0.3, 0.4) is 0 Å². The maximum absolute atomic E-state index is 12.2. The molecule has 4 heteroatoms. The summed E-state index contributed by atoms with van der Waals surface area (Å²) in [7, 11) is 4.41. The second kappa shape index (κ2) is 27.1. The first-order valence-electron chi connectivity index (χ1n) is 15.8. The number of hydrogen-bond donors (Lipinski definition) is 0. The van der Waals surface area contributed by atoms with Crippen molar-refractivity contribution in [3.63, 3.8) is 0 Å². The van der Waals surface area contributed by atoms with Gasteiger partial charge in [0.1, 0.15) is 6.29 Å². The van der Waals surface area contributed by atoms with E-state index in [4.69, 9.17) is 4.74 Å². The predicted octanol–water partition coefficient (Wildman–Crippen LogP) is 9.29. The van der Waals surface area contributed by atoms with Crippen molar-refractivity contribution in [3.05, 3.63) is 0 Å². The van der Waals surface area contributed by atoms with E-state index in [1.54, 1.807) is 0 Å². The highest BCUT2D eigenvalue weighted by Crippen LogP contribution is 2.21. The second-order valence-electron chi connectivity index (χ2n) is 11.3. The van der Waals surface area contributed by atoms with Crippen molar-refractivity contribution in [2.75, 3.05) is 20.7 Å². The van der Waals surface area contributed by atoms with Crippen molar-refractivity contribution in [3.8, 4) is 0 Å². The van der Waals surface area contributed by atoms with E-state index in [-0.39, 0.29) is 5.97 Å². The highest BCUT2D eigenvalue weighted by molar-refractivity contribution is 5.69. The summed E-state index contributed by atoms with van der Waals surface area (Å²) in [5.41, 5.74) is 0. The van der Waals surface area contributed by atoms with Crippen LogP contribution in [0.15, 0.2) is 0 Å². The van der Waals surface area contributed by atoms with Crippen LogP contribution in [-0.4, -0.2) is 43.9 Å². The normalized spacial score (nSPS) is 12.4. The minimum absolute atomic E-state index is 0.00898. The minimum atomic E-state index is 0.00898. The number of esters is 1. The third kappa shape index (κ3) is 23.5. The number of nitrogens with zero attached hydrogens (tertiary/aromatic N) is 1. The van der Waals surface area contributed by atoms with Gasteiger partial charge in [-0.3, -0.25) is 4.79 Å². The molecule has 0 aliphatic rings. The molecule has 0 saturated heterocycles. The van der Waals surface area contributed by atoms with Crippen molar-refractivity contribution < 1.29 is 14.3 Å². The van der Waals surface area contributed by atoms with E-state index < -0.39 is 0 Å². The van der Waals surface area contributed by atoms with Crippen molar-refractivity contribution >= 4 is 12.3 Å². The lowest BCUT2D eigenvalue weighted by Crippen LogP contribution is -2.27. The van der Waals surface area contributed by atoms with Crippen LogP contribution in [0.2, 0.25) is 0 Å². The molecular formula is C32H63NO3. The molecule has 1 atom stereocenters. The Labute approximate surface area is 225 Å². The Kier molecular flexibility index (Phi) is 26.5. The lowest BCUT2D eigenvalue weighted by Gasteiger charge is -2.24. The molecule has 4 nitrogen and oxygen atoms in total. The molecule has 1 unspecified atom stereocenters. The summed E-state index contributed by atoms with van der Waals surface area (Å²) in [4.78, 5) is 24.9. The molecule has 0 aliphatic heterocycles. The number of aldehydes is 1. The van der Waals surface area contributed by atoms with E-state index in [9.17, 15) is 9.59 Å². The van der Waals surface area contributed by atoms with Gasteiger partial charge in [0.15, 0.2) is 0 Å². The van der Waals surface area contributed by atoms with Crippen molar-refractivity contribution in [1.82, 2.24) is 4.90 Å². The predicted molar refractivity (Wildman–Crippen MR) is 156 cm³/mol. The van der Waals surface area contributed by atoms with Crippen LogP contribution in [0, 0.1) is 5.92 Å². The van der Waals surface area contributed by atoms with Gasteiger partial charge in [0.25, 0.3) is 0 Å². The molecule has 0 spiro atoms. The third-order valence-corrected chi connectivity index (χ3v) is 7.73. The molecule has 0 radical (unpaired) electrons. The molecule has 36 heavy (non-hydrogen) atoms. The van der Waals surface area contributed by atoms with E-state index in [1.807, 2.05) is 0 Å². The smallest absolute Gasteiger partial charge is 0.305 e. The quantitative estimate of drug-likeness (QED) is 0.0599. The molecule has 214 valence electrons. The summed E-state index contributed by atoms with van der Waals surface area (Å²) in [5, 5.41) is 0. The van der Waals surface area contributed by atoms with E-state index >= 15 is 0 Å². The summed E-state index contributed by atoms with van der Waals surface area (Å²) >= 11 is 0. The maximum atomic E-state index is 12.2. The zero-order chi connectivity index (χ0) is 26.7. The SMILES string of the molecule is CCCCCC(CCCCC)CCOC(=O)CCCCCCCC(CCCCCCCC=O)N(C)C. The molecule has 0 bridgehead atoms. The molecule has 0 heterocycles. The Balaban J connectivity index is 3.79. The van der Waals surface area contributed by atoms with Gasteiger partial charge >= 0.3 is 5.97 Å². The Hall–Kier alpha value is -0.900. The van der Waals surface area contributed by atoms with Gasteiger partial charge in [0, 0.05) is 18.9 Å². The number of hydrogen-bond acceptors (Lipinski definition) is 4. The number of carbonyl (C=O) groups is 2. The van der Waals surface area contributed by atoms with Gasteiger partial charge in [0.2, 0.25) is 0 Å². The first-order chi connectivity index (χ1) is 17.5. The Morgan fingerprint density at radius 3 is 1.69 bits per heavy atom. The molecule has 0 aromatic rings. The van der Waals surface area contributed by atoms with E-state index in [0.717, 1.165) is 44.3 Å². The maximum Gasteiger partial charge on any atom is 0.305 e.